The number of nitrogens with one attached hydrogen (secondary N) is 3. The Balaban J connectivity index is 1.24. The average Bonchev–Trinajstić information content (AvgIpc) is 3.69. The van der Waals surface area contributed by atoms with E-state index in [0.29, 0.717) is 24.0 Å². The molecule has 2 aliphatic heterocycles. The monoisotopic (exact) mass is 643 g/mol. The van der Waals surface area contributed by atoms with Crippen LogP contribution < -0.4 is 21.6 Å². The van der Waals surface area contributed by atoms with Crippen molar-refractivity contribution in [2.45, 2.75) is 76.7 Å². The van der Waals surface area contributed by atoms with Crippen LogP contribution in [0.3, 0.4) is 0 Å². The van der Waals surface area contributed by atoms with Crippen molar-refractivity contribution in [2.24, 2.45) is 0 Å². The molecule has 3 heterocycles. The highest BCUT2D eigenvalue weighted by Gasteiger charge is 2.40. The van der Waals surface area contributed by atoms with Gasteiger partial charge in [-0.15, -0.1) is 0 Å². The SMILES string of the molecule is C[C@H](NC(=O)[C@H](C)N1C(=O)CCC1=O)C(=O)N1CCC[C@H]1C(=O)N[C@@H](Cc1ccccc1)C(=O)NCc1ccc2ccc(=O)oc2c1. The second kappa shape index (κ2) is 14.4. The molecule has 5 rings (SSSR count). The number of likely N-dealkylation sites (tertiary alicyclic amines) is 2. The van der Waals surface area contributed by atoms with Crippen LogP contribution in [0.4, 0.5) is 0 Å². The Bertz CT molecular complexity index is 1740. The Morgan fingerprint density at radius 1 is 0.872 bits per heavy atom. The quantitative estimate of drug-likeness (QED) is 0.206. The van der Waals surface area contributed by atoms with Crippen molar-refractivity contribution in [3.8, 4) is 0 Å². The van der Waals surface area contributed by atoms with Crippen molar-refractivity contribution in [1.82, 2.24) is 25.8 Å². The summed E-state index contributed by atoms with van der Waals surface area (Å²) in [7, 11) is 0. The van der Waals surface area contributed by atoms with E-state index in [1.54, 1.807) is 24.3 Å². The van der Waals surface area contributed by atoms with Gasteiger partial charge in [0.25, 0.3) is 0 Å². The van der Waals surface area contributed by atoms with Gasteiger partial charge in [-0.25, -0.2) is 4.79 Å². The van der Waals surface area contributed by atoms with Gasteiger partial charge in [0, 0.05) is 43.8 Å². The number of fused-ring (bicyclic) bond motifs is 1. The minimum absolute atomic E-state index is 0.0434. The van der Waals surface area contributed by atoms with Gasteiger partial charge in [0.1, 0.15) is 29.8 Å². The molecule has 13 nitrogen and oxygen atoms in total. The Morgan fingerprint density at radius 2 is 1.57 bits per heavy atom. The first kappa shape index (κ1) is 33.0. The predicted octanol–water partition coefficient (Wildman–Crippen LogP) is 1.17. The van der Waals surface area contributed by atoms with Crippen LogP contribution in [0.2, 0.25) is 0 Å². The number of hydrogen-bond acceptors (Lipinski definition) is 8. The molecule has 13 heteroatoms. The summed E-state index contributed by atoms with van der Waals surface area (Å²) in [5.74, 6) is -2.95. The van der Waals surface area contributed by atoms with Crippen LogP contribution in [0.25, 0.3) is 11.0 Å². The highest BCUT2D eigenvalue weighted by atomic mass is 16.4. The number of carbonyl (C=O) groups excluding carboxylic acids is 6. The molecule has 0 saturated carbocycles. The van der Waals surface area contributed by atoms with E-state index in [4.69, 9.17) is 4.42 Å². The highest BCUT2D eigenvalue weighted by Crippen LogP contribution is 2.20. The maximum atomic E-state index is 13.6. The second-order valence-electron chi connectivity index (χ2n) is 11.8. The summed E-state index contributed by atoms with van der Waals surface area (Å²) in [5, 5.41) is 9.01. The van der Waals surface area contributed by atoms with Crippen LogP contribution in [-0.4, -0.2) is 76.0 Å². The third-order valence-corrected chi connectivity index (χ3v) is 8.49. The van der Waals surface area contributed by atoms with Crippen molar-refractivity contribution in [1.29, 1.82) is 0 Å². The molecule has 1 aromatic heterocycles. The topological polar surface area (TPSA) is 175 Å². The van der Waals surface area contributed by atoms with E-state index in [-0.39, 0.29) is 32.4 Å². The summed E-state index contributed by atoms with van der Waals surface area (Å²) < 4.78 is 5.25. The number of benzene rings is 2. The van der Waals surface area contributed by atoms with Crippen LogP contribution in [0, 0.1) is 0 Å². The lowest BCUT2D eigenvalue weighted by atomic mass is 10.0. The zero-order valence-corrected chi connectivity index (χ0v) is 26.2. The number of amides is 6. The Morgan fingerprint density at radius 3 is 2.30 bits per heavy atom. The first-order valence-electron chi connectivity index (χ1n) is 15.6. The molecule has 2 aromatic carbocycles. The highest BCUT2D eigenvalue weighted by molar-refractivity contribution is 6.06. The van der Waals surface area contributed by atoms with E-state index in [2.05, 4.69) is 16.0 Å². The van der Waals surface area contributed by atoms with E-state index < -0.39 is 65.2 Å². The van der Waals surface area contributed by atoms with Gasteiger partial charge >= 0.3 is 5.63 Å². The van der Waals surface area contributed by atoms with Gasteiger partial charge in [0.2, 0.25) is 35.4 Å². The molecule has 0 aliphatic carbocycles. The van der Waals surface area contributed by atoms with Crippen molar-refractivity contribution in [2.75, 3.05) is 6.54 Å². The van der Waals surface area contributed by atoms with E-state index in [0.717, 1.165) is 15.8 Å². The lowest BCUT2D eigenvalue weighted by Crippen LogP contribution is -2.57. The molecule has 0 unspecified atom stereocenters. The summed E-state index contributed by atoms with van der Waals surface area (Å²) in [4.78, 5) is 91.4. The molecule has 0 spiro atoms. The smallest absolute Gasteiger partial charge is 0.336 e. The third-order valence-electron chi connectivity index (χ3n) is 8.49. The minimum Gasteiger partial charge on any atom is -0.423 e. The largest absolute Gasteiger partial charge is 0.423 e. The van der Waals surface area contributed by atoms with Crippen molar-refractivity contribution in [3.63, 3.8) is 0 Å². The zero-order valence-electron chi connectivity index (χ0n) is 26.2. The van der Waals surface area contributed by atoms with Crippen LogP contribution in [-0.2, 0) is 41.7 Å². The van der Waals surface area contributed by atoms with Gasteiger partial charge < -0.3 is 25.3 Å². The predicted molar refractivity (Wildman–Crippen MR) is 169 cm³/mol. The number of nitrogens with zero attached hydrogens (tertiary/aromatic N) is 2. The lowest BCUT2D eigenvalue weighted by molar-refractivity contribution is -0.147. The van der Waals surface area contributed by atoms with E-state index in [9.17, 15) is 33.6 Å². The summed E-state index contributed by atoms with van der Waals surface area (Å²) in [5.41, 5.74) is 1.43. The van der Waals surface area contributed by atoms with Crippen molar-refractivity contribution in [3.05, 3.63) is 82.2 Å². The van der Waals surface area contributed by atoms with Crippen LogP contribution in [0.5, 0.6) is 0 Å². The molecule has 2 saturated heterocycles. The van der Waals surface area contributed by atoms with Gasteiger partial charge in [0.15, 0.2) is 0 Å². The Labute approximate surface area is 270 Å². The molecule has 6 amide bonds. The fourth-order valence-corrected chi connectivity index (χ4v) is 5.95. The summed E-state index contributed by atoms with van der Waals surface area (Å²) >= 11 is 0. The molecule has 47 heavy (non-hydrogen) atoms. The van der Waals surface area contributed by atoms with E-state index in [1.165, 1.54) is 24.8 Å². The van der Waals surface area contributed by atoms with Crippen LogP contribution in [0.1, 0.15) is 50.7 Å². The Hall–Kier alpha value is -5.33. The number of hydrogen-bond donors (Lipinski definition) is 3. The van der Waals surface area contributed by atoms with Crippen LogP contribution >= 0.6 is 0 Å². The molecular weight excluding hydrogens is 606 g/mol. The average molecular weight is 644 g/mol. The first-order valence-corrected chi connectivity index (χ1v) is 15.6. The van der Waals surface area contributed by atoms with Crippen molar-refractivity contribution >= 4 is 46.4 Å². The van der Waals surface area contributed by atoms with E-state index in [1.807, 2.05) is 30.3 Å². The maximum absolute atomic E-state index is 13.6. The first-order chi connectivity index (χ1) is 22.5. The standard InChI is InChI=1S/C34H37N5O8/c1-20(36-31(43)21(2)39-28(40)13-14-29(39)41)34(46)38-16-6-9-26(38)33(45)37-25(17-22-7-4-3-5-8-22)32(44)35-19-23-10-11-24-12-15-30(42)47-27(24)18-23/h3-5,7-8,10-12,15,18,20-21,25-26H,6,9,13-14,16-17,19H2,1-2H3,(H,35,44)(H,36,43)(H,37,45)/t20-,21-,25-,26-/m0/s1. The van der Waals surface area contributed by atoms with Crippen molar-refractivity contribution < 1.29 is 33.2 Å². The van der Waals surface area contributed by atoms with E-state index >= 15 is 0 Å². The molecule has 3 N–H and O–H groups in total. The Kier molecular flexibility index (Phi) is 10.1. The van der Waals surface area contributed by atoms with Gasteiger partial charge in [0.05, 0.1) is 0 Å². The van der Waals surface area contributed by atoms with Gasteiger partial charge in [-0.3, -0.25) is 33.7 Å². The summed E-state index contributed by atoms with van der Waals surface area (Å²) in [6.45, 7) is 3.31. The number of imide groups is 1. The lowest BCUT2D eigenvalue weighted by Gasteiger charge is -2.29. The molecule has 0 radical (unpaired) electrons. The van der Waals surface area contributed by atoms with Gasteiger partial charge in [-0.2, -0.15) is 0 Å². The molecule has 246 valence electrons. The summed E-state index contributed by atoms with van der Waals surface area (Å²) in [6.07, 6.45) is 1.20. The fourth-order valence-electron chi connectivity index (χ4n) is 5.95. The van der Waals surface area contributed by atoms with Gasteiger partial charge in [-0.05, 0) is 49.9 Å². The van der Waals surface area contributed by atoms with Gasteiger partial charge in [-0.1, -0.05) is 42.5 Å². The molecule has 3 aromatic rings. The zero-order chi connectivity index (χ0) is 33.7. The second-order valence-corrected chi connectivity index (χ2v) is 11.8. The molecule has 0 bridgehead atoms. The fraction of sp³-hybridized carbons (Fsp3) is 0.382. The number of carbonyl (C=O) groups is 6. The number of rotatable bonds is 11. The molecule has 2 aliphatic rings. The van der Waals surface area contributed by atoms with Crippen LogP contribution in [0.15, 0.2) is 69.9 Å². The molecule has 4 atom stereocenters. The normalized spacial score (nSPS) is 18.1. The minimum atomic E-state index is -1.07. The maximum Gasteiger partial charge on any atom is 0.336 e. The molecule has 2 fully saturated rings. The molecular formula is C34H37N5O8. The third kappa shape index (κ3) is 7.74. The summed E-state index contributed by atoms with van der Waals surface area (Å²) in [6, 6.07) is 13.5.